The zero-order chi connectivity index (χ0) is 10.0. The van der Waals surface area contributed by atoms with Crippen molar-refractivity contribution in [2.45, 2.75) is 13.8 Å². The van der Waals surface area contributed by atoms with Gasteiger partial charge in [0.05, 0.1) is 11.9 Å². The van der Waals surface area contributed by atoms with E-state index in [4.69, 9.17) is 0 Å². The van der Waals surface area contributed by atoms with Crippen molar-refractivity contribution in [1.82, 2.24) is 4.98 Å². The van der Waals surface area contributed by atoms with Crippen LogP contribution >= 0.6 is 0 Å². The van der Waals surface area contributed by atoms with E-state index in [2.05, 4.69) is 23.4 Å². The number of rotatable bonds is 2. The maximum atomic E-state index is 4.17. The predicted molar refractivity (Wildman–Crippen MR) is 58.0 cm³/mol. The minimum absolute atomic E-state index is 1.09. The van der Waals surface area contributed by atoms with Crippen LogP contribution < -0.4 is 4.90 Å². The average molecular weight is 176 g/mol. The Hall–Kier alpha value is -1.31. The van der Waals surface area contributed by atoms with Crippen LogP contribution in [0, 0.1) is 6.92 Å². The molecule has 0 aromatic carbocycles. The lowest BCUT2D eigenvalue weighted by atomic mass is 10.0. The van der Waals surface area contributed by atoms with E-state index in [0.29, 0.717) is 0 Å². The van der Waals surface area contributed by atoms with Gasteiger partial charge in [-0.2, -0.15) is 0 Å². The SMILES string of the molecule is C=C(C)c1c(C)cncc1N(C)C. The lowest BCUT2D eigenvalue weighted by molar-refractivity contribution is 1.09. The zero-order valence-corrected chi connectivity index (χ0v) is 8.76. The highest BCUT2D eigenvalue weighted by Crippen LogP contribution is 2.26. The molecule has 0 amide bonds. The second-order valence-electron chi connectivity index (χ2n) is 3.53. The summed E-state index contributed by atoms with van der Waals surface area (Å²) in [5.74, 6) is 0. The van der Waals surface area contributed by atoms with Crippen LogP contribution in [0.5, 0.6) is 0 Å². The van der Waals surface area contributed by atoms with Crippen LogP contribution in [0.25, 0.3) is 5.57 Å². The predicted octanol–water partition coefficient (Wildman–Crippen LogP) is 2.49. The maximum Gasteiger partial charge on any atom is 0.0626 e. The molecule has 0 aliphatic rings. The van der Waals surface area contributed by atoms with Crippen molar-refractivity contribution in [2.75, 3.05) is 19.0 Å². The Bertz CT molecular complexity index is 327. The molecule has 1 aromatic rings. The molecular formula is C11H16N2. The van der Waals surface area contributed by atoms with Gasteiger partial charge >= 0.3 is 0 Å². The molecule has 0 fully saturated rings. The van der Waals surface area contributed by atoms with Gasteiger partial charge in [-0.1, -0.05) is 6.58 Å². The summed E-state index contributed by atoms with van der Waals surface area (Å²) in [5.41, 5.74) is 4.61. The molecule has 0 aliphatic carbocycles. The number of hydrogen-bond donors (Lipinski definition) is 0. The zero-order valence-electron chi connectivity index (χ0n) is 8.76. The van der Waals surface area contributed by atoms with Crippen molar-refractivity contribution in [2.24, 2.45) is 0 Å². The number of allylic oxidation sites excluding steroid dienone is 1. The fourth-order valence-corrected chi connectivity index (χ4v) is 1.45. The van der Waals surface area contributed by atoms with Crippen molar-refractivity contribution >= 4 is 11.3 Å². The largest absolute Gasteiger partial charge is 0.376 e. The monoisotopic (exact) mass is 176 g/mol. The van der Waals surface area contributed by atoms with Crippen LogP contribution in [0.2, 0.25) is 0 Å². The summed E-state index contributed by atoms with van der Waals surface area (Å²) in [7, 11) is 4.03. The third kappa shape index (κ3) is 1.89. The van der Waals surface area contributed by atoms with Gasteiger partial charge in [0.15, 0.2) is 0 Å². The second-order valence-corrected chi connectivity index (χ2v) is 3.53. The first-order chi connectivity index (χ1) is 6.04. The number of nitrogens with zero attached hydrogens (tertiary/aromatic N) is 2. The van der Waals surface area contributed by atoms with Gasteiger partial charge in [0, 0.05) is 25.9 Å². The third-order valence-corrected chi connectivity index (χ3v) is 2.02. The summed E-state index contributed by atoms with van der Waals surface area (Å²) in [6, 6.07) is 0. The molecule has 0 spiro atoms. The molecule has 2 heteroatoms. The van der Waals surface area contributed by atoms with Crippen molar-refractivity contribution in [3.05, 3.63) is 30.1 Å². The third-order valence-electron chi connectivity index (χ3n) is 2.02. The van der Waals surface area contributed by atoms with Gasteiger partial charge in [-0.15, -0.1) is 0 Å². The minimum atomic E-state index is 1.09. The van der Waals surface area contributed by atoms with Crippen LogP contribution in [-0.2, 0) is 0 Å². The van der Waals surface area contributed by atoms with E-state index in [1.54, 1.807) is 0 Å². The summed E-state index contributed by atoms with van der Waals surface area (Å²) in [6.45, 7) is 8.06. The van der Waals surface area contributed by atoms with Crippen LogP contribution in [0.3, 0.4) is 0 Å². The first-order valence-corrected chi connectivity index (χ1v) is 4.32. The lowest BCUT2D eigenvalue weighted by Gasteiger charge is -2.18. The molecule has 1 aromatic heterocycles. The fourth-order valence-electron chi connectivity index (χ4n) is 1.45. The molecule has 0 saturated heterocycles. The van der Waals surface area contributed by atoms with Crippen LogP contribution in [0.1, 0.15) is 18.1 Å². The summed E-state index contributed by atoms with van der Waals surface area (Å²) in [6.07, 6.45) is 3.74. The van der Waals surface area contributed by atoms with Gasteiger partial charge < -0.3 is 4.90 Å². The summed E-state index contributed by atoms with van der Waals surface area (Å²) < 4.78 is 0. The van der Waals surface area contributed by atoms with Gasteiger partial charge in [-0.25, -0.2) is 0 Å². The summed E-state index contributed by atoms with van der Waals surface area (Å²) in [5, 5.41) is 0. The molecule has 13 heavy (non-hydrogen) atoms. The van der Waals surface area contributed by atoms with Crippen LogP contribution in [0.15, 0.2) is 19.0 Å². The van der Waals surface area contributed by atoms with Crippen LogP contribution in [0.4, 0.5) is 5.69 Å². The Morgan fingerprint density at radius 1 is 1.38 bits per heavy atom. The van der Waals surface area contributed by atoms with Gasteiger partial charge in [-0.3, -0.25) is 4.98 Å². The summed E-state index contributed by atoms with van der Waals surface area (Å²) >= 11 is 0. The van der Waals surface area contributed by atoms with E-state index in [0.717, 1.165) is 11.3 Å². The molecular weight excluding hydrogens is 160 g/mol. The number of hydrogen-bond acceptors (Lipinski definition) is 2. The Labute approximate surface area is 79.9 Å². The lowest BCUT2D eigenvalue weighted by Crippen LogP contribution is -2.12. The number of aryl methyl sites for hydroxylation is 1. The van der Waals surface area contributed by atoms with Crippen molar-refractivity contribution in [3.8, 4) is 0 Å². The topological polar surface area (TPSA) is 16.1 Å². The minimum Gasteiger partial charge on any atom is -0.376 e. The fraction of sp³-hybridized carbons (Fsp3) is 0.364. The van der Waals surface area contributed by atoms with Crippen LogP contribution in [-0.4, -0.2) is 19.1 Å². The highest BCUT2D eigenvalue weighted by atomic mass is 15.1. The molecule has 0 aliphatic heterocycles. The van der Waals surface area contributed by atoms with Gasteiger partial charge in [0.25, 0.3) is 0 Å². The number of aromatic nitrogens is 1. The second kappa shape index (κ2) is 3.60. The quantitative estimate of drug-likeness (QED) is 0.688. The molecule has 0 saturated carbocycles. The molecule has 1 heterocycles. The molecule has 2 nitrogen and oxygen atoms in total. The highest BCUT2D eigenvalue weighted by molar-refractivity contribution is 5.75. The molecule has 0 atom stereocenters. The smallest absolute Gasteiger partial charge is 0.0626 e. The van der Waals surface area contributed by atoms with Gasteiger partial charge in [0.2, 0.25) is 0 Å². The normalized spacial score (nSPS) is 9.85. The molecule has 0 bridgehead atoms. The van der Waals surface area contributed by atoms with Crippen molar-refractivity contribution in [1.29, 1.82) is 0 Å². The molecule has 0 unspecified atom stereocenters. The Kier molecular flexibility index (Phi) is 2.71. The average Bonchev–Trinajstić information content (AvgIpc) is 2.02. The standard InChI is InChI=1S/C11H16N2/c1-8(2)11-9(3)6-12-7-10(11)13(4)5/h6-7H,1H2,2-5H3. The van der Waals surface area contributed by atoms with Gasteiger partial charge in [-0.05, 0) is 25.0 Å². The van der Waals surface area contributed by atoms with Crippen molar-refractivity contribution < 1.29 is 0 Å². The Morgan fingerprint density at radius 3 is 2.38 bits per heavy atom. The van der Waals surface area contributed by atoms with E-state index in [1.165, 1.54) is 11.1 Å². The first kappa shape index (κ1) is 9.78. The number of pyridine rings is 1. The van der Waals surface area contributed by atoms with E-state index in [9.17, 15) is 0 Å². The Balaban J connectivity index is 3.34. The number of anilines is 1. The van der Waals surface area contributed by atoms with Gasteiger partial charge in [0.1, 0.15) is 0 Å². The molecule has 0 radical (unpaired) electrons. The van der Waals surface area contributed by atoms with E-state index >= 15 is 0 Å². The van der Waals surface area contributed by atoms with E-state index < -0.39 is 0 Å². The molecule has 0 N–H and O–H groups in total. The Morgan fingerprint density at radius 2 is 2.00 bits per heavy atom. The first-order valence-electron chi connectivity index (χ1n) is 4.32. The highest BCUT2D eigenvalue weighted by Gasteiger charge is 2.07. The maximum absolute atomic E-state index is 4.17. The van der Waals surface area contributed by atoms with Crippen molar-refractivity contribution in [3.63, 3.8) is 0 Å². The summed E-state index contributed by atoms with van der Waals surface area (Å²) in [4.78, 5) is 6.23. The molecule has 1 rings (SSSR count). The van der Waals surface area contributed by atoms with E-state index in [1.807, 2.05) is 33.4 Å². The van der Waals surface area contributed by atoms with E-state index in [-0.39, 0.29) is 0 Å². The molecule has 70 valence electrons.